The molecule has 0 aliphatic rings. The van der Waals surface area contributed by atoms with Crippen LogP contribution < -0.4 is 10.6 Å². The largest absolute Gasteiger partial charge is 0.355 e. The van der Waals surface area contributed by atoms with Gasteiger partial charge in [-0.2, -0.15) is 5.10 Å². The van der Waals surface area contributed by atoms with Crippen LogP contribution in [0, 0.1) is 6.92 Å². The average molecular weight is 459 g/mol. The van der Waals surface area contributed by atoms with Crippen molar-refractivity contribution in [1.82, 2.24) is 20.4 Å². The minimum absolute atomic E-state index is 0. The van der Waals surface area contributed by atoms with E-state index in [0.29, 0.717) is 5.25 Å². The number of rotatable bonds is 7. The van der Waals surface area contributed by atoms with Crippen LogP contribution in [-0.4, -0.2) is 41.1 Å². The lowest BCUT2D eigenvalue weighted by molar-refractivity contribution is 0.597. The molecule has 1 aromatic heterocycles. The Balaban J connectivity index is 0.00000288. The molecule has 0 amide bonds. The zero-order valence-electron chi connectivity index (χ0n) is 14.4. The second-order valence-electron chi connectivity index (χ2n) is 5.40. The number of nitrogens with zero attached hydrogens (tertiary/aromatic N) is 3. The highest BCUT2D eigenvalue weighted by atomic mass is 127. The number of nitrogens with one attached hydrogen (secondary N) is 2. The van der Waals surface area contributed by atoms with Gasteiger partial charge >= 0.3 is 0 Å². The molecule has 0 saturated heterocycles. The van der Waals surface area contributed by atoms with Crippen molar-refractivity contribution in [3.63, 3.8) is 0 Å². The molecule has 0 radical (unpaired) electrons. The van der Waals surface area contributed by atoms with Crippen LogP contribution >= 0.6 is 35.7 Å². The molecule has 2 aromatic rings. The maximum atomic E-state index is 4.27. The average Bonchev–Trinajstić information content (AvgIpc) is 2.97. The first-order valence-corrected chi connectivity index (χ1v) is 8.70. The maximum absolute atomic E-state index is 4.27. The van der Waals surface area contributed by atoms with Crippen LogP contribution in [0.25, 0.3) is 0 Å². The molecule has 7 heteroatoms. The smallest absolute Gasteiger partial charge is 0.191 e. The highest BCUT2D eigenvalue weighted by Gasteiger charge is 2.05. The third kappa shape index (κ3) is 7.57. The fourth-order valence-corrected chi connectivity index (χ4v) is 3.06. The van der Waals surface area contributed by atoms with E-state index in [1.807, 2.05) is 41.8 Å². The molecule has 0 bridgehead atoms. The molecule has 0 aliphatic heterocycles. The molecule has 1 heterocycles. The molecule has 1 aromatic carbocycles. The van der Waals surface area contributed by atoms with E-state index >= 15 is 0 Å². The molecular formula is C17H26IN5S. The summed E-state index contributed by atoms with van der Waals surface area (Å²) in [5.74, 6) is 0.828. The highest BCUT2D eigenvalue weighted by molar-refractivity contribution is 14.0. The number of halogens is 1. The van der Waals surface area contributed by atoms with E-state index in [4.69, 9.17) is 0 Å². The normalized spacial score (nSPS) is 12.4. The van der Waals surface area contributed by atoms with E-state index in [1.165, 1.54) is 10.5 Å². The van der Waals surface area contributed by atoms with E-state index in [1.54, 1.807) is 7.05 Å². The van der Waals surface area contributed by atoms with E-state index in [-0.39, 0.29) is 24.0 Å². The number of aromatic nitrogens is 2. The monoisotopic (exact) mass is 459 g/mol. The first-order valence-electron chi connectivity index (χ1n) is 7.82. The Morgan fingerprint density at radius 3 is 2.67 bits per heavy atom. The molecule has 1 unspecified atom stereocenters. The van der Waals surface area contributed by atoms with E-state index in [9.17, 15) is 0 Å². The van der Waals surface area contributed by atoms with Gasteiger partial charge < -0.3 is 10.6 Å². The Hall–Kier alpha value is -1.22. The Morgan fingerprint density at radius 2 is 2.04 bits per heavy atom. The van der Waals surface area contributed by atoms with Crippen molar-refractivity contribution in [2.45, 2.75) is 30.5 Å². The van der Waals surface area contributed by atoms with Gasteiger partial charge in [0.25, 0.3) is 0 Å². The maximum Gasteiger partial charge on any atom is 0.191 e. The molecule has 132 valence electrons. The molecule has 2 N–H and O–H groups in total. The Morgan fingerprint density at radius 1 is 1.29 bits per heavy atom. The van der Waals surface area contributed by atoms with Gasteiger partial charge in [-0.3, -0.25) is 9.67 Å². The van der Waals surface area contributed by atoms with Crippen LogP contribution in [0.2, 0.25) is 0 Å². The van der Waals surface area contributed by atoms with Gasteiger partial charge in [0, 0.05) is 36.5 Å². The van der Waals surface area contributed by atoms with E-state index in [2.05, 4.69) is 51.9 Å². The van der Waals surface area contributed by atoms with Crippen molar-refractivity contribution in [1.29, 1.82) is 0 Å². The van der Waals surface area contributed by atoms with Crippen LogP contribution in [0.5, 0.6) is 0 Å². The molecular weight excluding hydrogens is 433 g/mol. The third-order valence-electron chi connectivity index (χ3n) is 3.26. The van der Waals surface area contributed by atoms with Crippen LogP contribution in [0.4, 0.5) is 0 Å². The fraction of sp³-hybridized carbons (Fsp3) is 0.412. The Kier molecular flexibility index (Phi) is 9.85. The number of aliphatic imine (C=N–C) groups is 1. The molecule has 0 saturated carbocycles. The molecule has 0 fully saturated rings. The van der Waals surface area contributed by atoms with Crippen molar-refractivity contribution in [3.05, 3.63) is 48.3 Å². The van der Waals surface area contributed by atoms with Gasteiger partial charge in [-0.05, 0) is 24.6 Å². The molecule has 2 rings (SSSR count). The molecule has 5 nitrogen and oxygen atoms in total. The van der Waals surface area contributed by atoms with Gasteiger partial charge in [-0.25, -0.2) is 0 Å². The number of hydrogen-bond acceptors (Lipinski definition) is 3. The van der Waals surface area contributed by atoms with Gasteiger partial charge in [0.1, 0.15) is 0 Å². The third-order valence-corrected chi connectivity index (χ3v) is 4.37. The van der Waals surface area contributed by atoms with Crippen molar-refractivity contribution >= 4 is 41.7 Å². The Bertz CT molecular complexity index is 614. The van der Waals surface area contributed by atoms with Crippen LogP contribution in [0.1, 0.15) is 12.5 Å². The van der Waals surface area contributed by atoms with Crippen molar-refractivity contribution in [2.75, 3.05) is 20.1 Å². The first kappa shape index (κ1) is 20.8. The lowest BCUT2D eigenvalue weighted by Crippen LogP contribution is -2.41. The van der Waals surface area contributed by atoms with Crippen molar-refractivity contribution in [3.8, 4) is 0 Å². The molecule has 0 spiro atoms. The second-order valence-corrected chi connectivity index (χ2v) is 6.91. The summed E-state index contributed by atoms with van der Waals surface area (Å²) in [7, 11) is 1.79. The summed E-state index contributed by atoms with van der Waals surface area (Å²) in [5.41, 5.74) is 1.18. The minimum Gasteiger partial charge on any atom is -0.355 e. The van der Waals surface area contributed by atoms with Crippen LogP contribution in [0.3, 0.4) is 0 Å². The number of guanidine groups is 1. The number of hydrogen-bond donors (Lipinski definition) is 2. The summed E-state index contributed by atoms with van der Waals surface area (Å²) < 4.78 is 1.93. The molecule has 1 atom stereocenters. The van der Waals surface area contributed by atoms with Gasteiger partial charge in [0.2, 0.25) is 0 Å². The minimum atomic E-state index is 0. The van der Waals surface area contributed by atoms with Crippen molar-refractivity contribution < 1.29 is 0 Å². The van der Waals surface area contributed by atoms with Gasteiger partial charge in [0.05, 0.1) is 12.7 Å². The van der Waals surface area contributed by atoms with Gasteiger partial charge in [0.15, 0.2) is 5.96 Å². The van der Waals surface area contributed by atoms with Gasteiger partial charge in [-0.1, -0.05) is 25.1 Å². The zero-order valence-corrected chi connectivity index (χ0v) is 17.5. The summed E-state index contributed by atoms with van der Waals surface area (Å²) >= 11 is 1.86. The van der Waals surface area contributed by atoms with Crippen molar-refractivity contribution in [2.24, 2.45) is 4.99 Å². The lowest BCUT2D eigenvalue weighted by atomic mass is 10.4. The topological polar surface area (TPSA) is 54.2 Å². The zero-order chi connectivity index (χ0) is 16.5. The summed E-state index contributed by atoms with van der Waals surface area (Å²) in [6.07, 6.45) is 3.91. The summed E-state index contributed by atoms with van der Waals surface area (Å²) in [4.78, 5) is 5.55. The summed E-state index contributed by atoms with van der Waals surface area (Å²) in [6.45, 7) is 6.73. The highest BCUT2D eigenvalue weighted by Crippen LogP contribution is 2.21. The summed E-state index contributed by atoms with van der Waals surface area (Å²) in [6, 6.07) is 10.5. The van der Waals surface area contributed by atoms with Crippen LogP contribution in [0.15, 0.2) is 52.6 Å². The molecule has 24 heavy (non-hydrogen) atoms. The number of aryl methyl sites for hydroxylation is 1. The predicted octanol–water partition coefficient (Wildman–Crippen LogP) is 3.16. The van der Waals surface area contributed by atoms with E-state index in [0.717, 1.165) is 25.6 Å². The standard InChI is InChI=1S/C17H25N5S.HI/c1-14-11-21-22(13-14)10-9-19-17(18-3)20-12-15(2)23-16-7-5-4-6-8-16;/h4-8,11,13,15H,9-10,12H2,1-3H3,(H2,18,19,20);1H. The Labute approximate surface area is 165 Å². The molecule has 0 aliphatic carbocycles. The quantitative estimate of drug-likeness (QED) is 0.289. The van der Waals surface area contributed by atoms with Gasteiger partial charge in [-0.15, -0.1) is 35.7 Å². The number of benzene rings is 1. The second kappa shape index (κ2) is 11.4. The predicted molar refractivity (Wildman–Crippen MR) is 114 cm³/mol. The van der Waals surface area contributed by atoms with E-state index < -0.39 is 0 Å². The lowest BCUT2D eigenvalue weighted by Gasteiger charge is -2.16. The number of thioether (sulfide) groups is 1. The van der Waals surface area contributed by atoms with Crippen LogP contribution in [-0.2, 0) is 6.54 Å². The first-order chi connectivity index (χ1) is 11.2. The SMILES string of the molecule is CN=C(NCCn1cc(C)cn1)NCC(C)Sc1ccccc1.I. The summed E-state index contributed by atoms with van der Waals surface area (Å²) in [5, 5.41) is 11.4. The fourth-order valence-electron chi connectivity index (χ4n) is 2.11.